The first kappa shape index (κ1) is 19.7. The van der Waals surface area contributed by atoms with Crippen molar-refractivity contribution < 1.29 is 14.0 Å². The Kier molecular flexibility index (Phi) is 5.01. The molecular formula is C24H30N2O3. The summed E-state index contributed by atoms with van der Waals surface area (Å²) in [5.74, 6) is 1.04. The maximum absolute atomic E-state index is 13.2. The van der Waals surface area contributed by atoms with Crippen LogP contribution in [-0.4, -0.2) is 42.8 Å². The third kappa shape index (κ3) is 3.83. The van der Waals surface area contributed by atoms with E-state index in [1.165, 1.54) is 11.3 Å². The summed E-state index contributed by atoms with van der Waals surface area (Å²) in [6.07, 6.45) is 2.11. The van der Waals surface area contributed by atoms with E-state index in [2.05, 4.69) is 49.9 Å². The van der Waals surface area contributed by atoms with Gasteiger partial charge in [0.25, 0.3) is 5.91 Å². The van der Waals surface area contributed by atoms with Crippen LogP contribution in [0.1, 0.15) is 64.5 Å². The Balaban J connectivity index is 1.52. The number of nitrogens with zero attached hydrogens (tertiary/aromatic N) is 2. The molecule has 0 N–H and O–H groups in total. The molecule has 1 aliphatic heterocycles. The predicted molar refractivity (Wildman–Crippen MR) is 114 cm³/mol. The van der Waals surface area contributed by atoms with Gasteiger partial charge in [-0.3, -0.25) is 9.59 Å². The van der Waals surface area contributed by atoms with Crippen molar-refractivity contribution >= 4 is 17.4 Å². The summed E-state index contributed by atoms with van der Waals surface area (Å²) in [6.45, 7) is 11.1. The smallest absolute Gasteiger partial charge is 0.289 e. The topological polar surface area (TPSA) is 53.8 Å². The van der Waals surface area contributed by atoms with Crippen molar-refractivity contribution in [3.05, 3.63) is 52.5 Å². The van der Waals surface area contributed by atoms with Gasteiger partial charge in [-0.25, -0.2) is 0 Å². The number of hydrogen-bond acceptors (Lipinski definition) is 4. The van der Waals surface area contributed by atoms with Gasteiger partial charge in [0.1, 0.15) is 5.76 Å². The van der Waals surface area contributed by atoms with E-state index >= 15 is 0 Å². The lowest BCUT2D eigenvalue weighted by Crippen LogP contribution is -2.35. The zero-order chi connectivity index (χ0) is 20.8. The standard InChI is InChI=1S/C24H30N2O3/c1-16-6-8-18(9-7-16)25-10-5-11-26(13-12-25)23(28)22-17(2)21-19(27)14-24(3,4)15-20(21)29-22/h6-9H,5,10-15H2,1-4H3. The number of Topliss-reactive ketones (excluding diaryl/α,β-unsaturated/α-hetero) is 1. The summed E-state index contributed by atoms with van der Waals surface area (Å²) in [5, 5.41) is 0. The monoisotopic (exact) mass is 394 g/mol. The van der Waals surface area contributed by atoms with E-state index in [-0.39, 0.29) is 17.1 Å². The first-order valence-electron chi connectivity index (χ1n) is 10.5. The molecule has 1 saturated heterocycles. The minimum atomic E-state index is -0.119. The van der Waals surface area contributed by atoms with Crippen molar-refractivity contribution in [2.24, 2.45) is 5.41 Å². The average molecular weight is 395 g/mol. The molecule has 1 aromatic carbocycles. The molecule has 2 heterocycles. The van der Waals surface area contributed by atoms with E-state index in [4.69, 9.17) is 4.42 Å². The molecule has 1 amide bonds. The number of ketones is 1. The number of benzene rings is 1. The average Bonchev–Trinajstić information content (AvgIpc) is 2.83. The van der Waals surface area contributed by atoms with Crippen LogP contribution >= 0.6 is 0 Å². The molecule has 29 heavy (non-hydrogen) atoms. The van der Waals surface area contributed by atoms with Gasteiger partial charge >= 0.3 is 0 Å². The van der Waals surface area contributed by atoms with Crippen molar-refractivity contribution in [1.29, 1.82) is 0 Å². The molecule has 0 saturated carbocycles. The molecule has 5 heteroatoms. The van der Waals surface area contributed by atoms with Gasteiger partial charge in [-0.1, -0.05) is 31.5 Å². The fourth-order valence-electron chi connectivity index (χ4n) is 4.56. The van der Waals surface area contributed by atoms with Crippen LogP contribution in [0.25, 0.3) is 0 Å². The van der Waals surface area contributed by atoms with Gasteiger partial charge in [0, 0.05) is 50.3 Å². The molecule has 1 aromatic heterocycles. The lowest BCUT2D eigenvalue weighted by atomic mass is 9.76. The Morgan fingerprint density at radius 3 is 2.45 bits per heavy atom. The molecule has 0 unspecified atom stereocenters. The van der Waals surface area contributed by atoms with E-state index in [9.17, 15) is 9.59 Å². The molecule has 5 nitrogen and oxygen atoms in total. The van der Waals surface area contributed by atoms with Crippen LogP contribution in [0.15, 0.2) is 28.7 Å². The minimum Gasteiger partial charge on any atom is -0.455 e. The number of hydrogen-bond donors (Lipinski definition) is 0. The third-order valence-corrected chi connectivity index (χ3v) is 6.15. The van der Waals surface area contributed by atoms with Gasteiger partial charge in [-0.15, -0.1) is 0 Å². The second-order valence-electron chi connectivity index (χ2n) is 9.26. The van der Waals surface area contributed by atoms with Crippen LogP contribution in [0.4, 0.5) is 5.69 Å². The van der Waals surface area contributed by atoms with E-state index in [0.29, 0.717) is 48.6 Å². The number of amides is 1. The molecule has 2 aromatic rings. The van der Waals surface area contributed by atoms with Crippen molar-refractivity contribution in [3.8, 4) is 0 Å². The Bertz CT molecular complexity index is 940. The van der Waals surface area contributed by atoms with Gasteiger partial charge in [0.2, 0.25) is 0 Å². The maximum Gasteiger partial charge on any atom is 0.289 e. The quantitative estimate of drug-likeness (QED) is 0.757. The highest BCUT2D eigenvalue weighted by atomic mass is 16.4. The van der Waals surface area contributed by atoms with Crippen LogP contribution in [0.2, 0.25) is 0 Å². The van der Waals surface area contributed by atoms with Gasteiger partial charge < -0.3 is 14.2 Å². The van der Waals surface area contributed by atoms with Gasteiger partial charge in [0.15, 0.2) is 11.5 Å². The molecule has 154 valence electrons. The van der Waals surface area contributed by atoms with E-state index in [0.717, 1.165) is 19.5 Å². The molecule has 0 bridgehead atoms. The maximum atomic E-state index is 13.2. The van der Waals surface area contributed by atoms with Crippen LogP contribution < -0.4 is 4.90 Å². The molecule has 0 spiro atoms. The Labute approximate surface area is 172 Å². The summed E-state index contributed by atoms with van der Waals surface area (Å²) >= 11 is 0. The highest BCUT2D eigenvalue weighted by molar-refractivity contribution is 6.03. The summed E-state index contributed by atoms with van der Waals surface area (Å²) in [7, 11) is 0. The number of anilines is 1. The third-order valence-electron chi connectivity index (χ3n) is 6.15. The Hall–Kier alpha value is -2.56. The molecule has 1 fully saturated rings. The van der Waals surface area contributed by atoms with Gasteiger partial charge in [0.05, 0.1) is 5.56 Å². The summed E-state index contributed by atoms with van der Waals surface area (Å²) in [6, 6.07) is 8.53. The number of rotatable bonds is 2. The second-order valence-corrected chi connectivity index (χ2v) is 9.26. The van der Waals surface area contributed by atoms with Crippen molar-refractivity contribution in [2.45, 2.75) is 47.0 Å². The van der Waals surface area contributed by atoms with E-state index < -0.39 is 0 Å². The van der Waals surface area contributed by atoms with Crippen LogP contribution in [0.3, 0.4) is 0 Å². The number of furan rings is 1. The lowest BCUT2D eigenvalue weighted by molar-refractivity contribution is 0.0728. The van der Waals surface area contributed by atoms with Crippen molar-refractivity contribution in [2.75, 3.05) is 31.1 Å². The largest absolute Gasteiger partial charge is 0.455 e. The fourth-order valence-corrected chi connectivity index (χ4v) is 4.56. The van der Waals surface area contributed by atoms with Gasteiger partial charge in [-0.2, -0.15) is 0 Å². The summed E-state index contributed by atoms with van der Waals surface area (Å²) < 4.78 is 6.00. The molecular weight excluding hydrogens is 364 g/mol. The molecule has 1 aliphatic carbocycles. The number of fused-ring (bicyclic) bond motifs is 1. The van der Waals surface area contributed by atoms with E-state index in [1.54, 1.807) is 0 Å². The minimum absolute atomic E-state index is 0.0896. The molecule has 2 aliphatic rings. The van der Waals surface area contributed by atoms with Gasteiger partial charge in [-0.05, 0) is 37.8 Å². The first-order chi connectivity index (χ1) is 13.7. The summed E-state index contributed by atoms with van der Waals surface area (Å²) in [4.78, 5) is 30.1. The number of carbonyl (C=O) groups excluding carboxylic acids is 2. The Morgan fingerprint density at radius 2 is 1.72 bits per heavy atom. The zero-order valence-electron chi connectivity index (χ0n) is 17.9. The number of carbonyl (C=O) groups is 2. The predicted octanol–water partition coefficient (Wildman–Crippen LogP) is 4.40. The molecule has 0 radical (unpaired) electrons. The van der Waals surface area contributed by atoms with Crippen molar-refractivity contribution in [3.63, 3.8) is 0 Å². The van der Waals surface area contributed by atoms with Crippen molar-refractivity contribution in [1.82, 2.24) is 4.90 Å². The van der Waals surface area contributed by atoms with E-state index in [1.807, 2.05) is 11.8 Å². The second kappa shape index (κ2) is 7.36. The van der Waals surface area contributed by atoms with Crippen LogP contribution in [0, 0.1) is 19.3 Å². The Morgan fingerprint density at radius 1 is 1.00 bits per heavy atom. The highest BCUT2D eigenvalue weighted by Crippen LogP contribution is 2.38. The summed E-state index contributed by atoms with van der Waals surface area (Å²) in [5.41, 5.74) is 3.68. The molecule has 0 atom stereocenters. The lowest BCUT2D eigenvalue weighted by Gasteiger charge is -2.27. The first-order valence-corrected chi connectivity index (χ1v) is 10.5. The number of aryl methyl sites for hydroxylation is 1. The normalized spacial score (nSPS) is 19.1. The SMILES string of the molecule is Cc1ccc(N2CCCN(C(=O)c3oc4c(c3C)C(=O)CC(C)(C)C4)CC2)cc1. The zero-order valence-corrected chi connectivity index (χ0v) is 17.9. The highest BCUT2D eigenvalue weighted by Gasteiger charge is 2.37. The fraction of sp³-hybridized carbons (Fsp3) is 0.500. The van der Waals surface area contributed by atoms with Crippen LogP contribution in [0.5, 0.6) is 0 Å². The van der Waals surface area contributed by atoms with Crippen LogP contribution in [-0.2, 0) is 6.42 Å². The molecule has 4 rings (SSSR count).